The number of carbonyl (C=O) groups excluding carboxylic acids is 2. The third kappa shape index (κ3) is 1.84. The van der Waals surface area contributed by atoms with Gasteiger partial charge in [-0.05, 0) is 76.5 Å². The van der Waals surface area contributed by atoms with Crippen molar-refractivity contribution in [3.8, 4) is 0 Å². The molecule has 2 saturated heterocycles. The molecule has 5 nitrogen and oxygen atoms in total. The summed E-state index contributed by atoms with van der Waals surface area (Å²) in [7, 11) is 0. The maximum atomic E-state index is 15.5. The second kappa shape index (κ2) is 5.16. The molecule has 0 amide bonds. The van der Waals surface area contributed by atoms with Gasteiger partial charge in [0.15, 0.2) is 23.0 Å². The van der Waals surface area contributed by atoms with E-state index in [1.54, 1.807) is 13.0 Å². The number of allylic oxidation sites excluding steroid dienone is 2. The molecular weight excluding hydrogens is 387 g/mol. The van der Waals surface area contributed by atoms with E-state index in [1.807, 2.05) is 26.8 Å². The third-order valence-electron chi connectivity index (χ3n) is 9.44. The van der Waals surface area contributed by atoms with Gasteiger partial charge >= 0.3 is 0 Å². The van der Waals surface area contributed by atoms with Gasteiger partial charge in [-0.2, -0.15) is 0 Å². The molecular formula is C24H29FO5. The lowest BCUT2D eigenvalue weighted by molar-refractivity contribution is -0.210. The fourth-order valence-electron chi connectivity index (χ4n) is 8.38. The van der Waals surface area contributed by atoms with Gasteiger partial charge in [-0.1, -0.05) is 13.0 Å². The van der Waals surface area contributed by atoms with Crippen LogP contribution in [0.4, 0.5) is 4.39 Å². The highest BCUT2D eigenvalue weighted by Crippen LogP contribution is 2.77. The molecule has 6 rings (SSSR count). The molecule has 0 bridgehead atoms. The Morgan fingerprint density at radius 1 is 1.10 bits per heavy atom. The van der Waals surface area contributed by atoms with Crippen molar-refractivity contribution in [1.29, 1.82) is 0 Å². The summed E-state index contributed by atoms with van der Waals surface area (Å²) < 4.78 is 34.6. The standard InChI is InChI=1S/C24H29FO5/c1-12(26)23-18(28-20(2,3)30-23)10-14-15-9-17(25)16-8-13(27)6-7-21(16,4)24(15)19(29-24)11-22(14,23)5/h6-8,14-15,17-19H,9-11H2,1-5H3/t14-,15-,17-,18?,19-,21-,22-,23+,24+/m0/s1. The van der Waals surface area contributed by atoms with Crippen LogP contribution in [0.3, 0.4) is 0 Å². The number of ether oxygens (including phenoxy) is 3. The molecule has 0 aromatic carbocycles. The molecule has 0 aromatic rings. The van der Waals surface area contributed by atoms with E-state index in [2.05, 4.69) is 6.92 Å². The number of ketones is 2. The molecule has 0 aromatic heterocycles. The normalized spacial score (nSPS) is 56.9. The Labute approximate surface area is 176 Å². The van der Waals surface area contributed by atoms with Crippen LogP contribution in [0.5, 0.6) is 0 Å². The minimum Gasteiger partial charge on any atom is -0.364 e. The summed E-state index contributed by atoms with van der Waals surface area (Å²) >= 11 is 0. The largest absolute Gasteiger partial charge is 0.364 e. The molecule has 30 heavy (non-hydrogen) atoms. The van der Waals surface area contributed by atoms with Crippen LogP contribution in [0.2, 0.25) is 0 Å². The second-order valence-electron chi connectivity index (χ2n) is 11.1. The Morgan fingerprint density at radius 3 is 2.53 bits per heavy atom. The van der Waals surface area contributed by atoms with E-state index in [0.717, 1.165) is 0 Å². The van der Waals surface area contributed by atoms with Crippen LogP contribution in [0.15, 0.2) is 23.8 Å². The van der Waals surface area contributed by atoms with E-state index < -0.39 is 34.0 Å². The molecule has 4 aliphatic carbocycles. The molecule has 1 unspecified atom stereocenters. The zero-order valence-corrected chi connectivity index (χ0v) is 18.2. The van der Waals surface area contributed by atoms with E-state index in [0.29, 0.717) is 24.8 Å². The number of hydrogen-bond donors (Lipinski definition) is 0. The first-order chi connectivity index (χ1) is 13.9. The Balaban J connectivity index is 1.48. The first-order valence-electron chi connectivity index (χ1n) is 11.1. The average molecular weight is 416 g/mol. The third-order valence-corrected chi connectivity index (χ3v) is 9.44. The van der Waals surface area contributed by atoms with Crippen molar-refractivity contribution < 1.29 is 28.2 Å². The number of halogens is 1. The average Bonchev–Trinajstić information content (AvgIpc) is 3.22. The Hall–Kier alpha value is -1.37. The molecule has 6 aliphatic rings. The summed E-state index contributed by atoms with van der Waals surface area (Å²) in [6, 6.07) is 0. The van der Waals surface area contributed by atoms with Crippen LogP contribution in [0.25, 0.3) is 0 Å². The lowest BCUT2D eigenvalue weighted by Gasteiger charge is -2.56. The van der Waals surface area contributed by atoms with Gasteiger partial charge in [0.1, 0.15) is 11.8 Å². The maximum Gasteiger partial charge on any atom is 0.178 e. The first kappa shape index (κ1) is 19.3. The van der Waals surface area contributed by atoms with Gasteiger partial charge in [0.05, 0.1) is 12.2 Å². The number of hydrogen-bond acceptors (Lipinski definition) is 5. The number of rotatable bonds is 1. The van der Waals surface area contributed by atoms with E-state index >= 15 is 4.39 Å². The minimum atomic E-state index is -1.20. The van der Waals surface area contributed by atoms with Gasteiger partial charge in [0, 0.05) is 10.8 Å². The molecule has 0 radical (unpaired) electrons. The van der Waals surface area contributed by atoms with Crippen LogP contribution < -0.4 is 0 Å². The second-order valence-corrected chi connectivity index (χ2v) is 11.1. The van der Waals surface area contributed by atoms with Gasteiger partial charge < -0.3 is 14.2 Å². The lowest BCUT2D eigenvalue weighted by Crippen LogP contribution is -2.63. The van der Waals surface area contributed by atoms with Crippen molar-refractivity contribution in [2.24, 2.45) is 22.7 Å². The van der Waals surface area contributed by atoms with Gasteiger partial charge in [-0.3, -0.25) is 9.59 Å². The summed E-state index contributed by atoms with van der Waals surface area (Å²) in [4.78, 5) is 25.1. The van der Waals surface area contributed by atoms with E-state index in [4.69, 9.17) is 14.2 Å². The Morgan fingerprint density at radius 2 is 1.83 bits per heavy atom. The topological polar surface area (TPSA) is 65.1 Å². The quantitative estimate of drug-likeness (QED) is 0.613. The fraction of sp³-hybridized carbons (Fsp3) is 0.750. The van der Waals surface area contributed by atoms with Crippen LogP contribution >= 0.6 is 0 Å². The highest BCUT2D eigenvalue weighted by molar-refractivity contribution is 6.01. The van der Waals surface area contributed by atoms with E-state index in [1.165, 1.54) is 6.08 Å². The van der Waals surface area contributed by atoms with Gasteiger partial charge in [-0.25, -0.2) is 4.39 Å². The lowest BCUT2D eigenvalue weighted by atomic mass is 9.46. The van der Waals surface area contributed by atoms with Crippen LogP contribution in [-0.4, -0.2) is 46.9 Å². The van der Waals surface area contributed by atoms with Crippen molar-refractivity contribution in [3.63, 3.8) is 0 Å². The summed E-state index contributed by atoms with van der Waals surface area (Å²) in [5, 5.41) is 0. The maximum absolute atomic E-state index is 15.5. The summed E-state index contributed by atoms with van der Waals surface area (Å²) in [6.07, 6.45) is 4.90. The smallest absolute Gasteiger partial charge is 0.178 e. The van der Waals surface area contributed by atoms with Crippen LogP contribution in [0, 0.1) is 22.7 Å². The van der Waals surface area contributed by atoms with Crippen molar-refractivity contribution in [3.05, 3.63) is 23.8 Å². The molecule has 5 fully saturated rings. The van der Waals surface area contributed by atoms with Gasteiger partial charge in [0.2, 0.25) is 0 Å². The number of alkyl halides is 1. The zero-order chi connectivity index (χ0) is 21.5. The number of carbonyl (C=O) groups is 2. The highest BCUT2D eigenvalue weighted by Gasteiger charge is 2.85. The van der Waals surface area contributed by atoms with Crippen LogP contribution in [0.1, 0.15) is 53.9 Å². The predicted octanol–water partition coefficient (Wildman–Crippen LogP) is 3.46. The van der Waals surface area contributed by atoms with E-state index in [9.17, 15) is 9.59 Å². The van der Waals surface area contributed by atoms with Crippen molar-refractivity contribution in [1.82, 2.24) is 0 Å². The summed E-state index contributed by atoms with van der Waals surface area (Å²) in [5.74, 6) is -1.02. The van der Waals surface area contributed by atoms with Gasteiger partial charge in [-0.15, -0.1) is 0 Å². The monoisotopic (exact) mass is 416 g/mol. The van der Waals surface area contributed by atoms with Crippen molar-refractivity contribution >= 4 is 11.6 Å². The molecule has 2 aliphatic heterocycles. The summed E-state index contributed by atoms with van der Waals surface area (Å²) in [6.45, 7) is 9.44. The minimum absolute atomic E-state index is 0.0150. The molecule has 2 heterocycles. The van der Waals surface area contributed by atoms with Crippen LogP contribution in [-0.2, 0) is 23.8 Å². The Bertz CT molecular complexity index is 953. The summed E-state index contributed by atoms with van der Waals surface area (Å²) in [5.41, 5.74) is -2.13. The zero-order valence-electron chi connectivity index (χ0n) is 18.2. The van der Waals surface area contributed by atoms with Crippen molar-refractivity contribution in [2.45, 2.75) is 89.2 Å². The number of fused-ring (bicyclic) bond motifs is 5. The fourth-order valence-corrected chi connectivity index (χ4v) is 8.38. The molecule has 162 valence electrons. The van der Waals surface area contributed by atoms with E-state index in [-0.39, 0.29) is 35.6 Å². The number of Topliss-reactive ketones (excluding diaryl/α,β-unsaturated/α-hetero) is 1. The molecule has 9 atom stereocenters. The highest BCUT2D eigenvalue weighted by atomic mass is 19.1. The molecule has 6 heteroatoms. The molecule has 1 spiro atoms. The van der Waals surface area contributed by atoms with Crippen molar-refractivity contribution in [2.75, 3.05) is 0 Å². The van der Waals surface area contributed by atoms with Gasteiger partial charge in [0.25, 0.3) is 0 Å². The number of epoxide rings is 1. The Kier molecular flexibility index (Phi) is 3.32. The molecule has 0 N–H and O–H groups in total. The SMILES string of the molecule is CC(=O)[C@@]12OC(C)(C)OC1C[C@H]1[C@@H]3C[C@H](F)C4=CC(=O)C=C[C@]4(C)[C@@]34O[C@H]4C[C@@]12C. The predicted molar refractivity (Wildman–Crippen MR) is 105 cm³/mol. The first-order valence-corrected chi connectivity index (χ1v) is 11.1. The molecule has 3 saturated carbocycles.